The Morgan fingerprint density at radius 1 is 1.17 bits per heavy atom. The van der Waals surface area contributed by atoms with E-state index >= 15 is 0 Å². The number of guanidine groups is 1. The Morgan fingerprint density at radius 2 is 1.75 bits per heavy atom. The lowest BCUT2D eigenvalue weighted by molar-refractivity contribution is 0.0657. The number of nitrogens with one attached hydrogen (secondary N) is 2. The minimum Gasteiger partial charge on any atom is -0.355 e. The van der Waals surface area contributed by atoms with Gasteiger partial charge in [0, 0.05) is 31.4 Å². The number of imide groups is 1. The highest BCUT2D eigenvalue weighted by Gasteiger charge is 2.34. The smallest absolute Gasteiger partial charge is 0.261 e. The molecule has 0 bridgehead atoms. The molecule has 1 heterocycles. The van der Waals surface area contributed by atoms with E-state index in [-0.39, 0.29) is 16.6 Å². The maximum absolute atomic E-state index is 12.3. The summed E-state index contributed by atoms with van der Waals surface area (Å²) in [5.74, 6) is 0.196. The Kier molecular flexibility index (Phi) is 5.88. The number of amides is 2. The number of thioether (sulfide) groups is 1. The van der Waals surface area contributed by atoms with Crippen LogP contribution in [0.2, 0.25) is 0 Å². The molecule has 0 unspecified atom stereocenters. The molecule has 0 radical (unpaired) electrons. The van der Waals surface area contributed by atoms with Crippen LogP contribution in [0, 0.1) is 0 Å². The second kappa shape index (κ2) is 7.70. The molecule has 24 heavy (non-hydrogen) atoms. The van der Waals surface area contributed by atoms with Gasteiger partial charge in [-0.05, 0) is 32.2 Å². The van der Waals surface area contributed by atoms with Crippen molar-refractivity contribution >= 4 is 29.5 Å². The van der Waals surface area contributed by atoms with Crippen LogP contribution in [0.1, 0.15) is 34.6 Å². The molecule has 0 aliphatic carbocycles. The Morgan fingerprint density at radius 3 is 2.25 bits per heavy atom. The van der Waals surface area contributed by atoms with Crippen molar-refractivity contribution in [1.29, 1.82) is 0 Å². The summed E-state index contributed by atoms with van der Waals surface area (Å²) in [6.07, 6.45) is 2.07. The van der Waals surface area contributed by atoms with Crippen LogP contribution in [0.3, 0.4) is 0 Å². The molecule has 0 aromatic heterocycles. The molecule has 2 rings (SSSR count). The van der Waals surface area contributed by atoms with Crippen molar-refractivity contribution in [2.75, 3.05) is 32.9 Å². The van der Waals surface area contributed by atoms with Crippen LogP contribution in [-0.2, 0) is 0 Å². The third-order valence-corrected chi connectivity index (χ3v) is 5.21. The molecule has 130 valence electrons. The Balaban J connectivity index is 1.86. The zero-order chi connectivity index (χ0) is 17.7. The Labute approximate surface area is 147 Å². The lowest BCUT2D eigenvalue weighted by Crippen LogP contribution is -2.46. The van der Waals surface area contributed by atoms with Crippen LogP contribution in [0.15, 0.2) is 29.3 Å². The van der Waals surface area contributed by atoms with E-state index in [0.29, 0.717) is 30.2 Å². The quantitative estimate of drug-likeness (QED) is 0.464. The zero-order valence-electron chi connectivity index (χ0n) is 14.5. The molecule has 0 spiro atoms. The van der Waals surface area contributed by atoms with Crippen molar-refractivity contribution < 1.29 is 9.59 Å². The summed E-state index contributed by atoms with van der Waals surface area (Å²) in [5, 5.41) is 6.40. The molecule has 0 saturated heterocycles. The number of hydrogen-bond acceptors (Lipinski definition) is 4. The van der Waals surface area contributed by atoms with E-state index in [0.717, 1.165) is 6.54 Å². The van der Waals surface area contributed by atoms with Crippen molar-refractivity contribution in [2.24, 2.45) is 4.99 Å². The molecule has 1 aromatic rings. The summed E-state index contributed by atoms with van der Waals surface area (Å²) >= 11 is 1.77. The number of benzene rings is 1. The largest absolute Gasteiger partial charge is 0.355 e. The van der Waals surface area contributed by atoms with Gasteiger partial charge in [0.1, 0.15) is 0 Å². The first-order valence-electron chi connectivity index (χ1n) is 7.84. The summed E-state index contributed by atoms with van der Waals surface area (Å²) in [6.45, 7) is 5.82. The van der Waals surface area contributed by atoms with Crippen molar-refractivity contribution in [3.05, 3.63) is 35.4 Å². The summed E-state index contributed by atoms with van der Waals surface area (Å²) in [4.78, 5) is 30.0. The number of carbonyl (C=O) groups excluding carboxylic acids is 2. The molecule has 2 amide bonds. The molecule has 0 saturated carbocycles. The summed E-state index contributed by atoms with van der Waals surface area (Å²) in [7, 11) is 1.70. The van der Waals surface area contributed by atoms with Gasteiger partial charge in [0.15, 0.2) is 5.96 Å². The first kappa shape index (κ1) is 18.3. The topological polar surface area (TPSA) is 73.8 Å². The maximum Gasteiger partial charge on any atom is 0.261 e. The van der Waals surface area contributed by atoms with E-state index in [1.807, 2.05) is 0 Å². The SMILES string of the molecule is CN=C(NCCN1C(=O)c2ccccc2C1=O)NCC(C)(C)SC. The third kappa shape index (κ3) is 4.08. The average molecular weight is 348 g/mol. The molecule has 2 N–H and O–H groups in total. The van der Waals surface area contributed by atoms with Crippen molar-refractivity contribution in [3.8, 4) is 0 Å². The molecule has 7 heteroatoms. The second-order valence-electron chi connectivity index (χ2n) is 6.12. The van der Waals surface area contributed by atoms with E-state index in [4.69, 9.17) is 0 Å². The molecule has 6 nitrogen and oxygen atoms in total. The standard InChI is InChI=1S/C17H24N4O2S/c1-17(2,24-4)11-20-16(18-3)19-9-10-21-14(22)12-7-5-6-8-13(12)15(21)23/h5-8H,9-11H2,1-4H3,(H2,18,19,20). The fraction of sp³-hybridized carbons (Fsp3) is 0.471. The molecule has 1 aromatic carbocycles. The normalized spacial score (nSPS) is 14.8. The molecule has 1 aliphatic rings. The van der Waals surface area contributed by atoms with Crippen LogP contribution in [0.25, 0.3) is 0 Å². The predicted molar refractivity (Wildman–Crippen MR) is 98.8 cm³/mol. The van der Waals surface area contributed by atoms with Crippen LogP contribution >= 0.6 is 11.8 Å². The Hall–Kier alpha value is -2.02. The number of hydrogen-bond donors (Lipinski definition) is 2. The summed E-state index contributed by atoms with van der Waals surface area (Å²) in [6, 6.07) is 6.91. The van der Waals surface area contributed by atoms with Gasteiger partial charge < -0.3 is 10.6 Å². The van der Waals surface area contributed by atoms with Gasteiger partial charge in [-0.15, -0.1) is 0 Å². The maximum atomic E-state index is 12.3. The van der Waals surface area contributed by atoms with E-state index in [9.17, 15) is 9.59 Å². The zero-order valence-corrected chi connectivity index (χ0v) is 15.4. The molecular formula is C17H24N4O2S. The number of fused-ring (bicyclic) bond motifs is 1. The molecular weight excluding hydrogens is 324 g/mol. The molecule has 0 fully saturated rings. The highest BCUT2D eigenvalue weighted by atomic mass is 32.2. The first-order chi connectivity index (χ1) is 11.4. The highest BCUT2D eigenvalue weighted by molar-refractivity contribution is 7.99. The fourth-order valence-corrected chi connectivity index (χ4v) is 2.53. The second-order valence-corrected chi connectivity index (χ2v) is 7.64. The third-order valence-electron chi connectivity index (χ3n) is 3.96. The molecule has 1 aliphatic heterocycles. The van der Waals surface area contributed by atoms with E-state index in [1.54, 1.807) is 43.1 Å². The van der Waals surface area contributed by atoms with E-state index in [2.05, 4.69) is 35.7 Å². The van der Waals surface area contributed by atoms with Crippen molar-refractivity contribution in [3.63, 3.8) is 0 Å². The van der Waals surface area contributed by atoms with Gasteiger partial charge >= 0.3 is 0 Å². The lowest BCUT2D eigenvalue weighted by Gasteiger charge is -2.24. The van der Waals surface area contributed by atoms with Gasteiger partial charge in [0.2, 0.25) is 0 Å². The van der Waals surface area contributed by atoms with Gasteiger partial charge in [0.25, 0.3) is 11.8 Å². The van der Waals surface area contributed by atoms with Crippen LogP contribution in [0.4, 0.5) is 0 Å². The highest BCUT2D eigenvalue weighted by Crippen LogP contribution is 2.21. The van der Waals surface area contributed by atoms with Crippen LogP contribution in [0.5, 0.6) is 0 Å². The van der Waals surface area contributed by atoms with Crippen LogP contribution in [-0.4, -0.2) is 60.4 Å². The van der Waals surface area contributed by atoms with Gasteiger partial charge in [-0.2, -0.15) is 11.8 Å². The Bertz CT molecular complexity index is 623. The van der Waals surface area contributed by atoms with Crippen molar-refractivity contribution in [2.45, 2.75) is 18.6 Å². The predicted octanol–water partition coefficient (Wildman–Crippen LogP) is 1.59. The molecule has 0 atom stereocenters. The number of carbonyl (C=O) groups is 2. The van der Waals surface area contributed by atoms with E-state index < -0.39 is 0 Å². The monoisotopic (exact) mass is 348 g/mol. The lowest BCUT2D eigenvalue weighted by atomic mass is 10.1. The summed E-state index contributed by atoms with van der Waals surface area (Å²) < 4.78 is 0.0974. The van der Waals surface area contributed by atoms with Gasteiger partial charge in [-0.1, -0.05) is 12.1 Å². The van der Waals surface area contributed by atoms with Crippen LogP contribution < -0.4 is 10.6 Å². The fourth-order valence-electron chi connectivity index (χ4n) is 2.32. The number of aliphatic imine (C=N–C) groups is 1. The average Bonchev–Trinajstić information content (AvgIpc) is 2.83. The number of nitrogens with zero attached hydrogens (tertiary/aromatic N) is 2. The summed E-state index contributed by atoms with van der Waals surface area (Å²) in [5.41, 5.74) is 0.957. The van der Waals surface area contributed by atoms with Gasteiger partial charge in [0.05, 0.1) is 11.1 Å². The minimum absolute atomic E-state index is 0.0974. The first-order valence-corrected chi connectivity index (χ1v) is 9.07. The number of rotatable bonds is 6. The minimum atomic E-state index is -0.233. The van der Waals surface area contributed by atoms with Gasteiger partial charge in [-0.3, -0.25) is 19.5 Å². The van der Waals surface area contributed by atoms with Gasteiger partial charge in [-0.25, -0.2) is 0 Å². The van der Waals surface area contributed by atoms with E-state index in [1.165, 1.54) is 4.90 Å². The van der Waals surface area contributed by atoms with Crippen molar-refractivity contribution in [1.82, 2.24) is 15.5 Å².